The van der Waals surface area contributed by atoms with Crippen LogP contribution >= 0.6 is 0 Å². The fraction of sp³-hybridized carbons (Fsp3) is 0.231. The highest BCUT2D eigenvalue weighted by Gasteiger charge is 1.94. The Balaban J connectivity index is 2.74. The molecule has 1 nitrogen and oxygen atoms in total. The molecule has 0 aromatic heterocycles. The van der Waals surface area contributed by atoms with Crippen molar-refractivity contribution in [2.45, 2.75) is 20.3 Å². The lowest BCUT2D eigenvalue weighted by Crippen LogP contribution is -1.96. The van der Waals surface area contributed by atoms with Gasteiger partial charge in [-0.05, 0) is 43.7 Å². The van der Waals surface area contributed by atoms with Crippen molar-refractivity contribution in [2.24, 2.45) is 0 Å². The lowest BCUT2D eigenvalue weighted by atomic mass is 10.2. The second-order valence-electron chi connectivity index (χ2n) is 3.20. The first kappa shape index (κ1) is 11.5. The summed E-state index contributed by atoms with van der Waals surface area (Å²) in [7, 11) is 0. The summed E-state index contributed by atoms with van der Waals surface area (Å²) in [5.74, 6) is -0.215. The number of nitrogens with one attached hydrogen (secondary N) is 1. The first-order valence-electron chi connectivity index (χ1n) is 5.11. The molecule has 0 fully saturated rings. The maximum absolute atomic E-state index is 12.7. The van der Waals surface area contributed by atoms with Crippen LogP contribution in [0.15, 0.2) is 48.2 Å². The molecule has 0 heterocycles. The Morgan fingerprint density at radius 2 is 2.00 bits per heavy atom. The lowest BCUT2D eigenvalue weighted by molar-refractivity contribution is 0.628. The standard InChI is InChI=1S/C13H16FN/c1-3-5-12(6-4-2)15-13-9-7-11(14)8-10-13/h3,5-10,15H,4H2,1-2H3/b5-3-,12-6+. The molecule has 0 aliphatic rings. The van der Waals surface area contributed by atoms with Crippen molar-refractivity contribution in [3.63, 3.8) is 0 Å². The minimum Gasteiger partial charge on any atom is -0.356 e. The Kier molecular flexibility index (Phi) is 4.61. The monoisotopic (exact) mass is 205 g/mol. The van der Waals surface area contributed by atoms with Gasteiger partial charge in [0.2, 0.25) is 0 Å². The summed E-state index contributed by atoms with van der Waals surface area (Å²) in [6.45, 7) is 4.05. The van der Waals surface area contributed by atoms with E-state index in [-0.39, 0.29) is 5.82 Å². The van der Waals surface area contributed by atoms with Crippen LogP contribution in [-0.2, 0) is 0 Å². The van der Waals surface area contributed by atoms with Gasteiger partial charge in [-0.1, -0.05) is 19.1 Å². The Bertz CT molecular complexity index is 349. The molecule has 0 saturated carbocycles. The summed E-state index contributed by atoms with van der Waals surface area (Å²) >= 11 is 0. The molecule has 1 rings (SSSR count). The van der Waals surface area contributed by atoms with Crippen molar-refractivity contribution in [2.75, 3.05) is 5.32 Å². The van der Waals surface area contributed by atoms with E-state index in [1.54, 1.807) is 12.1 Å². The molecule has 0 spiro atoms. The largest absolute Gasteiger partial charge is 0.356 e. The van der Waals surface area contributed by atoms with Crippen LogP contribution < -0.4 is 5.32 Å². The number of halogens is 1. The molecule has 0 atom stereocenters. The molecule has 2 heteroatoms. The molecule has 0 saturated heterocycles. The van der Waals surface area contributed by atoms with Gasteiger partial charge in [-0.3, -0.25) is 0 Å². The zero-order chi connectivity index (χ0) is 11.1. The van der Waals surface area contributed by atoms with E-state index in [2.05, 4.69) is 18.3 Å². The van der Waals surface area contributed by atoms with Gasteiger partial charge in [0.05, 0.1) is 0 Å². The Morgan fingerprint density at radius 1 is 1.33 bits per heavy atom. The average molecular weight is 205 g/mol. The Labute approximate surface area is 90.3 Å². The van der Waals surface area contributed by atoms with Crippen molar-refractivity contribution in [3.8, 4) is 0 Å². The average Bonchev–Trinajstić information content (AvgIpc) is 2.22. The van der Waals surface area contributed by atoms with Crippen LogP contribution in [0.5, 0.6) is 0 Å². The highest BCUT2D eigenvalue weighted by atomic mass is 19.1. The molecule has 0 aliphatic heterocycles. The molecule has 15 heavy (non-hydrogen) atoms. The number of benzene rings is 1. The van der Waals surface area contributed by atoms with E-state index in [9.17, 15) is 4.39 Å². The van der Waals surface area contributed by atoms with E-state index < -0.39 is 0 Å². The quantitative estimate of drug-likeness (QED) is 0.729. The van der Waals surface area contributed by atoms with Gasteiger partial charge in [0.1, 0.15) is 5.82 Å². The first-order chi connectivity index (χ1) is 7.26. The van der Waals surface area contributed by atoms with Crippen molar-refractivity contribution in [1.82, 2.24) is 0 Å². The van der Waals surface area contributed by atoms with E-state index in [1.807, 2.05) is 19.1 Å². The zero-order valence-electron chi connectivity index (χ0n) is 9.13. The Morgan fingerprint density at radius 3 is 2.53 bits per heavy atom. The van der Waals surface area contributed by atoms with E-state index in [4.69, 9.17) is 0 Å². The third kappa shape index (κ3) is 3.98. The van der Waals surface area contributed by atoms with Crippen LogP contribution in [0.25, 0.3) is 0 Å². The fourth-order valence-electron chi connectivity index (χ4n) is 1.26. The van der Waals surface area contributed by atoms with E-state index in [0.29, 0.717) is 0 Å². The second-order valence-corrected chi connectivity index (χ2v) is 3.20. The van der Waals surface area contributed by atoms with Gasteiger partial charge in [0, 0.05) is 11.4 Å². The van der Waals surface area contributed by atoms with Gasteiger partial charge in [0.25, 0.3) is 0 Å². The molecular weight excluding hydrogens is 189 g/mol. The smallest absolute Gasteiger partial charge is 0.123 e. The van der Waals surface area contributed by atoms with Gasteiger partial charge in [-0.25, -0.2) is 4.39 Å². The topological polar surface area (TPSA) is 12.0 Å². The molecule has 1 aromatic carbocycles. The first-order valence-corrected chi connectivity index (χ1v) is 5.11. The van der Waals surface area contributed by atoms with Crippen LogP contribution in [0, 0.1) is 5.82 Å². The molecule has 1 aromatic rings. The van der Waals surface area contributed by atoms with Crippen molar-refractivity contribution in [1.29, 1.82) is 0 Å². The number of rotatable bonds is 4. The highest BCUT2D eigenvalue weighted by molar-refractivity contribution is 5.50. The predicted octanol–water partition coefficient (Wildman–Crippen LogP) is 4.11. The minimum absolute atomic E-state index is 0.215. The highest BCUT2D eigenvalue weighted by Crippen LogP contribution is 2.12. The van der Waals surface area contributed by atoms with Crippen LogP contribution in [0.2, 0.25) is 0 Å². The molecule has 0 bridgehead atoms. The molecule has 0 radical (unpaired) electrons. The maximum Gasteiger partial charge on any atom is 0.123 e. The van der Waals surface area contributed by atoms with Crippen LogP contribution in [-0.4, -0.2) is 0 Å². The third-order valence-corrected chi connectivity index (χ3v) is 1.90. The molecule has 0 amide bonds. The van der Waals surface area contributed by atoms with E-state index in [0.717, 1.165) is 17.8 Å². The SMILES string of the molecule is C/C=C\C(=C/CC)Nc1ccc(F)cc1. The molecule has 0 aliphatic carbocycles. The van der Waals surface area contributed by atoms with E-state index in [1.165, 1.54) is 12.1 Å². The van der Waals surface area contributed by atoms with Gasteiger partial charge in [0.15, 0.2) is 0 Å². The zero-order valence-corrected chi connectivity index (χ0v) is 9.13. The van der Waals surface area contributed by atoms with Crippen molar-refractivity contribution >= 4 is 5.69 Å². The number of hydrogen-bond donors (Lipinski definition) is 1. The van der Waals surface area contributed by atoms with Gasteiger partial charge < -0.3 is 5.32 Å². The summed E-state index contributed by atoms with van der Waals surface area (Å²) in [5, 5.41) is 3.22. The second kappa shape index (κ2) is 6.02. The lowest BCUT2D eigenvalue weighted by Gasteiger charge is -2.06. The molecule has 80 valence electrons. The number of hydrogen-bond acceptors (Lipinski definition) is 1. The van der Waals surface area contributed by atoms with Gasteiger partial charge >= 0.3 is 0 Å². The minimum atomic E-state index is -0.215. The van der Waals surface area contributed by atoms with Crippen molar-refractivity contribution < 1.29 is 4.39 Å². The Hall–Kier alpha value is -1.57. The maximum atomic E-state index is 12.7. The summed E-state index contributed by atoms with van der Waals surface area (Å²) < 4.78 is 12.7. The summed E-state index contributed by atoms with van der Waals surface area (Å²) in [4.78, 5) is 0. The number of anilines is 1. The van der Waals surface area contributed by atoms with E-state index >= 15 is 0 Å². The number of allylic oxidation sites excluding steroid dienone is 3. The molecule has 1 N–H and O–H groups in total. The summed E-state index contributed by atoms with van der Waals surface area (Å²) in [5.41, 5.74) is 1.93. The van der Waals surface area contributed by atoms with Crippen LogP contribution in [0.1, 0.15) is 20.3 Å². The molecular formula is C13H16FN. The predicted molar refractivity (Wildman–Crippen MR) is 63.2 cm³/mol. The fourth-order valence-corrected chi connectivity index (χ4v) is 1.26. The molecule has 0 unspecified atom stereocenters. The normalized spacial score (nSPS) is 12.1. The van der Waals surface area contributed by atoms with Crippen molar-refractivity contribution in [3.05, 3.63) is 54.0 Å². The summed E-state index contributed by atoms with van der Waals surface area (Å²) in [6, 6.07) is 6.34. The van der Waals surface area contributed by atoms with Crippen LogP contribution in [0.3, 0.4) is 0 Å². The van der Waals surface area contributed by atoms with Gasteiger partial charge in [-0.2, -0.15) is 0 Å². The third-order valence-electron chi connectivity index (χ3n) is 1.90. The van der Waals surface area contributed by atoms with Gasteiger partial charge in [-0.15, -0.1) is 0 Å². The van der Waals surface area contributed by atoms with Crippen LogP contribution in [0.4, 0.5) is 10.1 Å². The summed E-state index contributed by atoms with van der Waals surface area (Å²) in [6.07, 6.45) is 7.02.